The molecule has 3 heteroatoms. The van der Waals surface area contributed by atoms with E-state index in [9.17, 15) is 0 Å². The first-order chi connectivity index (χ1) is 8.67. The highest BCUT2D eigenvalue weighted by Gasteiger charge is 2.32. The zero-order valence-electron chi connectivity index (χ0n) is 12.9. The van der Waals surface area contributed by atoms with E-state index in [1.165, 1.54) is 70.5 Å². The summed E-state index contributed by atoms with van der Waals surface area (Å²) in [4.78, 5) is 0. The van der Waals surface area contributed by atoms with Gasteiger partial charge >= 0.3 is 0 Å². The highest BCUT2D eigenvalue weighted by molar-refractivity contribution is 6.78. The smallest absolute Gasteiger partial charge is 0.0845 e. The van der Waals surface area contributed by atoms with Gasteiger partial charge in [-0.1, -0.05) is 77.4 Å². The van der Waals surface area contributed by atoms with Crippen LogP contribution in [0.15, 0.2) is 0 Å². The van der Waals surface area contributed by atoms with Gasteiger partial charge in [-0.25, -0.2) is 0 Å². The largest absolute Gasteiger partial charge is 0.303 e. The van der Waals surface area contributed by atoms with E-state index in [2.05, 4.69) is 30.7 Å². The zero-order valence-corrected chi connectivity index (χ0v) is 13.9. The van der Waals surface area contributed by atoms with Gasteiger partial charge in [0.2, 0.25) is 0 Å². The van der Waals surface area contributed by atoms with Crippen molar-refractivity contribution >= 4 is 8.07 Å². The van der Waals surface area contributed by atoms with Crippen LogP contribution in [0.3, 0.4) is 0 Å². The van der Waals surface area contributed by atoms with Crippen molar-refractivity contribution < 1.29 is 0 Å². The monoisotopic (exact) mass is 270 g/mol. The molecule has 2 nitrogen and oxygen atoms in total. The lowest BCUT2D eigenvalue weighted by Gasteiger charge is -2.29. The molecule has 108 valence electrons. The number of hydrogen-bond acceptors (Lipinski definition) is 2. The maximum Gasteiger partial charge on any atom is 0.0845 e. The SMILES string of the molecule is CCCCCCCCCC[Si](C)(C)C1NCCN1. The van der Waals surface area contributed by atoms with Crippen molar-refractivity contribution in [2.45, 2.75) is 83.2 Å². The Kier molecular flexibility index (Phi) is 8.19. The third-order valence-corrected chi connectivity index (χ3v) is 7.89. The van der Waals surface area contributed by atoms with Gasteiger partial charge in [-0.3, -0.25) is 0 Å². The van der Waals surface area contributed by atoms with Gasteiger partial charge in [0.15, 0.2) is 0 Å². The third kappa shape index (κ3) is 6.35. The predicted octanol–water partition coefficient (Wildman–Crippen LogP) is 3.89. The highest BCUT2D eigenvalue weighted by Crippen LogP contribution is 2.19. The second kappa shape index (κ2) is 9.11. The van der Waals surface area contributed by atoms with Crippen LogP contribution in [-0.2, 0) is 0 Å². The second-order valence-corrected chi connectivity index (χ2v) is 11.6. The lowest BCUT2D eigenvalue weighted by Crippen LogP contribution is -2.53. The van der Waals surface area contributed by atoms with Crippen molar-refractivity contribution in [2.24, 2.45) is 0 Å². The lowest BCUT2D eigenvalue weighted by atomic mass is 10.1. The van der Waals surface area contributed by atoms with Crippen LogP contribution in [0.5, 0.6) is 0 Å². The van der Waals surface area contributed by atoms with Crippen LogP contribution in [0.2, 0.25) is 19.1 Å². The Morgan fingerprint density at radius 1 is 0.833 bits per heavy atom. The van der Waals surface area contributed by atoms with E-state index < -0.39 is 8.07 Å². The van der Waals surface area contributed by atoms with E-state index in [-0.39, 0.29) is 0 Å². The molecular weight excluding hydrogens is 236 g/mol. The highest BCUT2D eigenvalue weighted by atomic mass is 28.3. The van der Waals surface area contributed by atoms with Crippen LogP contribution in [0, 0.1) is 0 Å². The quantitative estimate of drug-likeness (QED) is 0.465. The summed E-state index contributed by atoms with van der Waals surface area (Å²) in [5.41, 5.74) is 0. The van der Waals surface area contributed by atoms with Crippen LogP contribution < -0.4 is 10.6 Å². The van der Waals surface area contributed by atoms with Crippen LogP contribution in [0.4, 0.5) is 0 Å². The first-order valence-electron chi connectivity index (χ1n) is 8.13. The minimum atomic E-state index is -1.07. The van der Waals surface area contributed by atoms with E-state index in [1.807, 2.05) is 0 Å². The molecule has 0 aliphatic carbocycles. The van der Waals surface area contributed by atoms with E-state index in [1.54, 1.807) is 0 Å². The summed E-state index contributed by atoms with van der Waals surface area (Å²) < 4.78 is 0. The van der Waals surface area contributed by atoms with Crippen LogP contribution in [-0.4, -0.2) is 27.0 Å². The summed E-state index contributed by atoms with van der Waals surface area (Å²) in [5, 5.41) is 7.25. The minimum absolute atomic E-state index is 0.669. The molecule has 18 heavy (non-hydrogen) atoms. The van der Waals surface area contributed by atoms with Crippen LogP contribution in [0.25, 0.3) is 0 Å². The molecule has 0 amide bonds. The fourth-order valence-electron chi connectivity index (χ4n) is 2.92. The maximum absolute atomic E-state index is 3.62. The Morgan fingerprint density at radius 3 is 1.89 bits per heavy atom. The number of rotatable bonds is 10. The number of unbranched alkanes of at least 4 members (excludes halogenated alkanes) is 7. The van der Waals surface area contributed by atoms with Crippen molar-refractivity contribution in [2.75, 3.05) is 13.1 Å². The molecule has 0 aromatic carbocycles. The van der Waals surface area contributed by atoms with Gasteiger partial charge in [0.25, 0.3) is 0 Å². The normalized spacial score (nSPS) is 17.5. The van der Waals surface area contributed by atoms with Crippen molar-refractivity contribution in [3.8, 4) is 0 Å². The molecule has 1 aliphatic heterocycles. The summed E-state index contributed by atoms with van der Waals surface area (Å²) in [7, 11) is -1.07. The van der Waals surface area contributed by atoms with Crippen molar-refractivity contribution in [3.63, 3.8) is 0 Å². The standard InChI is InChI=1S/C15H34N2Si/c1-4-5-6-7-8-9-10-11-14-18(2,3)15-16-12-13-17-15/h15-17H,4-14H2,1-3H3. The Bertz CT molecular complexity index is 201. The Hall–Kier alpha value is 0.137. The van der Waals surface area contributed by atoms with Gasteiger partial charge in [-0.15, -0.1) is 0 Å². The predicted molar refractivity (Wildman–Crippen MR) is 84.7 cm³/mol. The minimum Gasteiger partial charge on any atom is -0.303 e. The van der Waals surface area contributed by atoms with Crippen molar-refractivity contribution in [1.29, 1.82) is 0 Å². The zero-order chi connectivity index (χ0) is 13.3. The van der Waals surface area contributed by atoms with Gasteiger partial charge < -0.3 is 10.6 Å². The third-order valence-electron chi connectivity index (χ3n) is 4.28. The van der Waals surface area contributed by atoms with Crippen molar-refractivity contribution in [3.05, 3.63) is 0 Å². The molecule has 1 aliphatic rings. The van der Waals surface area contributed by atoms with Gasteiger partial charge in [-0.05, 0) is 0 Å². The lowest BCUT2D eigenvalue weighted by molar-refractivity contribution is 0.581. The molecule has 0 bridgehead atoms. The topological polar surface area (TPSA) is 24.1 Å². The maximum atomic E-state index is 3.62. The Balaban J connectivity index is 1.96. The van der Waals surface area contributed by atoms with E-state index in [0.717, 1.165) is 0 Å². The summed E-state index contributed by atoms with van der Waals surface area (Å²) in [6.07, 6.45) is 11.5. The van der Waals surface area contributed by atoms with E-state index >= 15 is 0 Å². The van der Waals surface area contributed by atoms with Gasteiger partial charge in [0.05, 0.1) is 8.07 Å². The van der Waals surface area contributed by atoms with Gasteiger partial charge in [0.1, 0.15) is 0 Å². The number of nitrogens with one attached hydrogen (secondary N) is 2. The molecule has 2 N–H and O–H groups in total. The molecule has 0 saturated carbocycles. The second-order valence-electron chi connectivity index (χ2n) is 6.55. The molecule has 0 spiro atoms. The molecule has 0 atom stereocenters. The molecule has 1 saturated heterocycles. The molecular formula is C15H34N2Si. The van der Waals surface area contributed by atoms with Crippen molar-refractivity contribution in [1.82, 2.24) is 10.6 Å². The molecule has 1 rings (SSSR count). The Morgan fingerprint density at radius 2 is 1.33 bits per heavy atom. The fraction of sp³-hybridized carbons (Fsp3) is 1.00. The molecule has 0 unspecified atom stereocenters. The molecule has 0 aromatic heterocycles. The summed E-state index contributed by atoms with van der Waals surface area (Å²) >= 11 is 0. The number of hydrogen-bond donors (Lipinski definition) is 2. The fourth-order valence-corrected chi connectivity index (χ4v) is 5.76. The van der Waals surface area contributed by atoms with E-state index in [0.29, 0.717) is 5.79 Å². The average molecular weight is 271 g/mol. The van der Waals surface area contributed by atoms with Gasteiger partial charge in [-0.2, -0.15) is 0 Å². The first kappa shape index (κ1) is 16.2. The Labute approximate surface area is 115 Å². The summed E-state index contributed by atoms with van der Waals surface area (Å²) in [5.74, 6) is 0.669. The average Bonchev–Trinajstić information content (AvgIpc) is 2.87. The first-order valence-corrected chi connectivity index (χ1v) is 11.4. The molecule has 0 radical (unpaired) electrons. The molecule has 1 heterocycles. The summed E-state index contributed by atoms with van der Waals surface area (Å²) in [6, 6.07) is 1.48. The summed E-state index contributed by atoms with van der Waals surface area (Å²) in [6.45, 7) is 9.68. The van der Waals surface area contributed by atoms with Gasteiger partial charge in [0, 0.05) is 18.9 Å². The van der Waals surface area contributed by atoms with Crippen LogP contribution >= 0.6 is 0 Å². The van der Waals surface area contributed by atoms with E-state index in [4.69, 9.17) is 0 Å². The molecule has 0 aromatic rings. The van der Waals surface area contributed by atoms with Crippen LogP contribution in [0.1, 0.15) is 58.3 Å². The molecule has 1 fully saturated rings.